The Morgan fingerprint density at radius 2 is 1.73 bits per heavy atom. The number of amides is 1. The third-order valence-electron chi connectivity index (χ3n) is 5.73. The van der Waals surface area contributed by atoms with Crippen molar-refractivity contribution in [3.05, 3.63) is 59.7 Å². The summed E-state index contributed by atoms with van der Waals surface area (Å²) in [7, 11) is -3.78. The van der Waals surface area contributed by atoms with E-state index in [0.717, 1.165) is 5.56 Å². The maximum atomic E-state index is 13.0. The number of nitrogens with zero attached hydrogens (tertiary/aromatic N) is 1. The average molecular weight is 473 g/mol. The molecular formula is C24H28N2O6S. The van der Waals surface area contributed by atoms with Crippen LogP contribution >= 0.6 is 0 Å². The molecule has 0 bridgehead atoms. The highest BCUT2D eigenvalue weighted by molar-refractivity contribution is 7.89. The van der Waals surface area contributed by atoms with Gasteiger partial charge in [-0.3, -0.25) is 14.4 Å². The number of carbonyl (C=O) groups excluding carboxylic acids is 3. The van der Waals surface area contributed by atoms with E-state index in [-0.39, 0.29) is 36.6 Å². The smallest absolute Gasteiger partial charge is 0.309 e. The lowest BCUT2D eigenvalue weighted by Gasteiger charge is -2.30. The van der Waals surface area contributed by atoms with Crippen LogP contribution in [0.15, 0.2) is 53.4 Å². The predicted molar refractivity (Wildman–Crippen MR) is 123 cm³/mol. The average Bonchev–Trinajstić information content (AvgIpc) is 2.80. The van der Waals surface area contributed by atoms with Crippen molar-refractivity contribution in [3.8, 4) is 0 Å². The molecule has 9 heteroatoms. The maximum Gasteiger partial charge on any atom is 0.309 e. The molecule has 0 aliphatic carbocycles. The minimum Gasteiger partial charge on any atom is -0.452 e. The zero-order chi connectivity index (χ0) is 24.2. The van der Waals surface area contributed by atoms with Gasteiger partial charge in [0.25, 0.3) is 5.91 Å². The lowest BCUT2D eigenvalue weighted by molar-refractivity contribution is -0.158. The summed E-state index contributed by atoms with van der Waals surface area (Å²) < 4.78 is 32.6. The van der Waals surface area contributed by atoms with E-state index in [4.69, 9.17) is 4.74 Å². The molecule has 1 atom stereocenters. The highest BCUT2D eigenvalue weighted by atomic mass is 32.2. The van der Waals surface area contributed by atoms with Gasteiger partial charge in [-0.1, -0.05) is 30.3 Å². The number of piperidine rings is 1. The van der Waals surface area contributed by atoms with E-state index in [2.05, 4.69) is 5.32 Å². The van der Waals surface area contributed by atoms with Crippen LogP contribution < -0.4 is 5.32 Å². The van der Waals surface area contributed by atoms with Crippen LogP contribution in [-0.2, 0) is 24.3 Å². The van der Waals surface area contributed by atoms with Crippen LogP contribution in [0.2, 0.25) is 0 Å². The summed E-state index contributed by atoms with van der Waals surface area (Å²) in [6, 6.07) is 13.2. The van der Waals surface area contributed by atoms with E-state index in [1.54, 1.807) is 18.2 Å². The standard InChI is InChI=1S/C24H28N2O6S/c1-16-7-4-5-10-22(16)25-23(28)18(3)32-24(29)19-11-13-26(14-12-19)33(30,31)21-9-6-8-20(15-21)17(2)27/h4-10,15,18-19H,11-14H2,1-3H3,(H,25,28)/t18-/m0/s1. The molecule has 2 aromatic rings. The Morgan fingerprint density at radius 3 is 2.36 bits per heavy atom. The number of para-hydroxylation sites is 1. The molecule has 33 heavy (non-hydrogen) atoms. The molecule has 0 saturated carbocycles. The predicted octanol–water partition coefficient (Wildman–Crippen LogP) is 3.17. The van der Waals surface area contributed by atoms with Gasteiger partial charge >= 0.3 is 5.97 Å². The fourth-order valence-electron chi connectivity index (χ4n) is 3.63. The Morgan fingerprint density at radius 1 is 1.06 bits per heavy atom. The minimum absolute atomic E-state index is 0.0534. The molecule has 1 aliphatic heterocycles. The number of Topliss-reactive ketones (excluding diaryl/α,β-unsaturated/α-hetero) is 1. The number of anilines is 1. The second-order valence-corrected chi connectivity index (χ2v) is 10.1. The van der Waals surface area contributed by atoms with Crippen LogP contribution in [0.4, 0.5) is 5.69 Å². The van der Waals surface area contributed by atoms with Crippen molar-refractivity contribution in [1.82, 2.24) is 4.31 Å². The van der Waals surface area contributed by atoms with Crippen LogP contribution in [0.3, 0.4) is 0 Å². The molecule has 1 heterocycles. The summed E-state index contributed by atoms with van der Waals surface area (Å²) in [5.74, 6) is -1.65. The number of nitrogens with one attached hydrogen (secondary N) is 1. The number of ketones is 1. The number of aryl methyl sites for hydroxylation is 1. The van der Waals surface area contributed by atoms with Crippen LogP contribution in [0.5, 0.6) is 0 Å². The summed E-state index contributed by atoms with van der Waals surface area (Å²) in [5.41, 5.74) is 1.87. The fraction of sp³-hybridized carbons (Fsp3) is 0.375. The summed E-state index contributed by atoms with van der Waals surface area (Å²) in [4.78, 5) is 36.6. The lowest BCUT2D eigenvalue weighted by atomic mass is 9.98. The van der Waals surface area contributed by atoms with Crippen LogP contribution in [-0.4, -0.2) is 49.6 Å². The summed E-state index contributed by atoms with van der Waals surface area (Å²) in [6.45, 7) is 5.05. The molecule has 3 rings (SSSR count). The molecule has 1 fully saturated rings. The number of rotatable bonds is 7. The van der Waals surface area contributed by atoms with Gasteiger partial charge in [-0.05, 0) is 57.4 Å². The van der Waals surface area contributed by atoms with E-state index in [1.165, 1.54) is 36.4 Å². The quantitative estimate of drug-likeness (QED) is 0.490. The topological polar surface area (TPSA) is 110 Å². The van der Waals surface area contributed by atoms with Crippen LogP contribution in [0.1, 0.15) is 42.6 Å². The van der Waals surface area contributed by atoms with Crippen molar-refractivity contribution >= 4 is 33.4 Å². The van der Waals surface area contributed by atoms with Gasteiger partial charge in [0, 0.05) is 24.3 Å². The first-order valence-corrected chi connectivity index (χ1v) is 12.2. The van der Waals surface area contributed by atoms with Crippen LogP contribution in [0.25, 0.3) is 0 Å². The molecule has 0 aromatic heterocycles. The zero-order valence-corrected chi connectivity index (χ0v) is 19.7. The Labute approximate surface area is 194 Å². The molecule has 1 aliphatic rings. The number of hydrogen-bond acceptors (Lipinski definition) is 6. The van der Waals surface area contributed by atoms with E-state index in [1.807, 2.05) is 19.1 Å². The number of sulfonamides is 1. The highest BCUT2D eigenvalue weighted by Crippen LogP contribution is 2.26. The third kappa shape index (κ3) is 5.85. The van der Waals surface area contributed by atoms with Gasteiger partial charge in [-0.25, -0.2) is 8.42 Å². The first-order chi connectivity index (χ1) is 15.6. The van der Waals surface area contributed by atoms with E-state index >= 15 is 0 Å². The van der Waals surface area contributed by atoms with Gasteiger partial charge in [0.15, 0.2) is 11.9 Å². The SMILES string of the molecule is CC(=O)c1cccc(S(=O)(=O)N2CCC(C(=O)O[C@@H](C)C(=O)Nc3ccccc3C)CC2)c1. The largest absolute Gasteiger partial charge is 0.452 e. The van der Waals surface area contributed by atoms with Crippen molar-refractivity contribution in [2.45, 2.75) is 44.6 Å². The first-order valence-electron chi connectivity index (χ1n) is 10.8. The monoisotopic (exact) mass is 472 g/mol. The van der Waals surface area contributed by atoms with Crippen molar-refractivity contribution < 1.29 is 27.5 Å². The van der Waals surface area contributed by atoms with Crippen LogP contribution in [0, 0.1) is 12.8 Å². The summed E-state index contributed by atoms with van der Waals surface area (Å²) in [5, 5.41) is 2.75. The molecule has 176 valence electrons. The van der Waals surface area contributed by atoms with E-state index < -0.39 is 33.9 Å². The number of ether oxygens (including phenoxy) is 1. The van der Waals surface area contributed by atoms with Crippen molar-refractivity contribution in [3.63, 3.8) is 0 Å². The number of carbonyl (C=O) groups is 3. The Balaban J connectivity index is 1.56. The molecule has 8 nitrogen and oxygen atoms in total. The molecule has 1 saturated heterocycles. The van der Waals surface area contributed by atoms with E-state index in [0.29, 0.717) is 11.3 Å². The normalized spacial score (nSPS) is 16.1. The van der Waals surface area contributed by atoms with E-state index in [9.17, 15) is 22.8 Å². The molecule has 2 aromatic carbocycles. The number of hydrogen-bond donors (Lipinski definition) is 1. The number of benzene rings is 2. The first kappa shape index (κ1) is 24.6. The van der Waals surface area contributed by atoms with Crippen molar-refractivity contribution in [1.29, 1.82) is 0 Å². The molecule has 1 N–H and O–H groups in total. The lowest BCUT2D eigenvalue weighted by Crippen LogP contribution is -2.41. The maximum absolute atomic E-state index is 13.0. The van der Waals surface area contributed by atoms with Gasteiger partial charge in [0.1, 0.15) is 0 Å². The summed E-state index contributed by atoms with van der Waals surface area (Å²) in [6.07, 6.45) is -0.402. The molecular weight excluding hydrogens is 444 g/mol. The Hall–Kier alpha value is -3.04. The highest BCUT2D eigenvalue weighted by Gasteiger charge is 2.34. The Bertz CT molecular complexity index is 1150. The van der Waals surface area contributed by atoms with Gasteiger partial charge in [0.2, 0.25) is 10.0 Å². The van der Waals surface area contributed by atoms with Crippen molar-refractivity contribution in [2.75, 3.05) is 18.4 Å². The van der Waals surface area contributed by atoms with Gasteiger partial charge in [-0.15, -0.1) is 0 Å². The second kappa shape index (κ2) is 10.3. The van der Waals surface area contributed by atoms with Crippen molar-refractivity contribution in [2.24, 2.45) is 5.92 Å². The third-order valence-corrected chi connectivity index (χ3v) is 7.63. The summed E-state index contributed by atoms with van der Waals surface area (Å²) >= 11 is 0. The molecule has 0 unspecified atom stereocenters. The second-order valence-electron chi connectivity index (χ2n) is 8.15. The number of esters is 1. The van der Waals surface area contributed by atoms with Gasteiger partial charge in [-0.2, -0.15) is 4.31 Å². The minimum atomic E-state index is -3.78. The molecule has 0 radical (unpaired) electrons. The zero-order valence-electron chi connectivity index (χ0n) is 18.9. The Kier molecular flexibility index (Phi) is 7.65. The fourth-order valence-corrected chi connectivity index (χ4v) is 5.14. The molecule has 0 spiro atoms. The van der Waals surface area contributed by atoms with Gasteiger partial charge in [0.05, 0.1) is 10.8 Å². The van der Waals surface area contributed by atoms with Gasteiger partial charge < -0.3 is 10.1 Å². The molecule has 1 amide bonds.